The normalized spacial score (nSPS) is 17.6. The van der Waals surface area contributed by atoms with Crippen molar-refractivity contribution in [1.82, 2.24) is 15.0 Å². The molecule has 33 heavy (non-hydrogen) atoms. The lowest BCUT2D eigenvalue weighted by molar-refractivity contribution is 0.326. The number of rotatable bonds is 9. The molecule has 1 aromatic heterocycles. The number of hydrogen-bond donors (Lipinski definition) is 3. The van der Waals surface area contributed by atoms with E-state index >= 15 is 0 Å². The molecule has 0 bridgehead atoms. The highest BCUT2D eigenvalue weighted by molar-refractivity contribution is 7.88. The number of nitrogens with one attached hydrogen (secondary N) is 3. The molecule has 4 rings (SSSR count). The van der Waals surface area contributed by atoms with Crippen LogP contribution in [0.4, 0.5) is 5.69 Å². The van der Waals surface area contributed by atoms with Crippen LogP contribution >= 0.6 is 0 Å². The highest BCUT2D eigenvalue weighted by atomic mass is 32.2. The molecule has 0 radical (unpaired) electrons. The first-order valence-electron chi connectivity index (χ1n) is 11.4. The molecule has 1 fully saturated rings. The summed E-state index contributed by atoms with van der Waals surface area (Å²) < 4.78 is 31.0. The predicted molar refractivity (Wildman–Crippen MR) is 133 cm³/mol. The Morgan fingerprint density at radius 3 is 2.70 bits per heavy atom. The Bertz CT molecular complexity index is 1180. The van der Waals surface area contributed by atoms with Crippen molar-refractivity contribution in [2.45, 2.75) is 38.3 Å². The maximum atomic E-state index is 11.3. The Morgan fingerprint density at radius 2 is 1.97 bits per heavy atom. The zero-order valence-corrected chi connectivity index (χ0v) is 20.0. The molecule has 176 valence electrons. The van der Waals surface area contributed by atoms with Crippen LogP contribution in [-0.2, 0) is 10.0 Å². The maximum Gasteiger partial charge on any atom is 0.208 e. The summed E-state index contributed by atoms with van der Waals surface area (Å²) >= 11 is 0. The summed E-state index contributed by atoms with van der Waals surface area (Å²) in [5, 5.41) is 8.49. The Balaban J connectivity index is 1.63. The van der Waals surface area contributed by atoms with Gasteiger partial charge in [0.1, 0.15) is 17.9 Å². The number of pyridine rings is 1. The number of anilines is 1. The standard InChI is InChI=1S/C25H32N4O3S/c1-18-17-22(29-24(19-9-4-3-5-10-19)21-12-6-7-14-26-21)20-11-8-13-23(25(20)28-18)32-16-15-27-33(2,30)31/h3-5,8-11,13,17,21,24,26-27H,6-7,12,14-16H2,1-2H3,(H,28,29)/t21-,24?/m0/s1. The van der Waals surface area contributed by atoms with E-state index in [1.165, 1.54) is 18.4 Å². The molecule has 0 aliphatic carbocycles. The zero-order valence-electron chi connectivity index (χ0n) is 19.2. The van der Waals surface area contributed by atoms with Gasteiger partial charge in [-0.05, 0) is 44.0 Å². The lowest BCUT2D eigenvalue weighted by atomic mass is 9.92. The van der Waals surface area contributed by atoms with Gasteiger partial charge < -0.3 is 15.4 Å². The fourth-order valence-corrected chi connectivity index (χ4v) is 4.84. The molecule has 3 aromatic rings. The highest BCUT2D eigenvalue weighted by Gasteiger charge is 2.25. The SMILES string of the molecule is Cc1cc(NC(c2ccccc2)[C@@H]2CCCCN2)c2cccc(OCCNS(C)(=O)=O)c2n1. The molecule has 2 heterocycles. The molecule has 8 heteroatoms. The zero-order chi connectivity index (χ0) is 23.3. The first kappa shape index (κ1) is 23.5. The van der Waals surface area contributed by atoms with Gasteiger partial charge in [-0.25, -0.2) is 18.1 Å². The van der Waals surface area contributed by atoms with Gasteiger partial charge in [0.2, 0.25) is 10.0 Å². The maximum absolute atomic E-state index is 11.3. The number of aryl methyl sites for hydroxylation is 1. The van der Waals surface area contributed by atoms with E-state index < -0.39 is 10.0 Å². The topological polar surface area (TPSA) is 92.4 Å². The molecule has 1 aliphatic rings. The van der Waals surface area contributed by atoms with Crippen LogP contribution < -0.4 is 20.1 Å². The molecule has 2 atom stereocenters. The lowest BCUT2D eigenvalue weighted by Gasteiger charge is -2.33. The molecular weight excluding hydrogens is 436 g/mol. The quantitative estimate of drug-likeness (QED) is 0.414. The van der Waals surface area contributed by atoms with Crippen molar-refractivity contribution in [3.8, 4) is 5.75 Å². The average molecular weight is 469 g/mol. The number of sulfonamides is 1. The Hall–Kier alpha value is -2.68. The first-order valence-corrected chi connectivity index (χ1v) is 13.3. The second-order valence-electron chi connectivity index (χ2n) is 8.57. The van der Waals surface area contributed by atoms with Crippen LogP contribution in [0.1, 0.15) is 36.6 Å². The molecule has 3 N–H and O–H groups in total. The summed E-state index contributed by atoms with van der Waals surface area (Å²) in [6.45, 7) is 3.44. The van der Waals surface area contributed by atoms with Gasteiger partial charge in [0.05, 0.1) is 12.3 Å². The second-order valence-corrected chi connectivity index (χ2v) is 10.4. The summed E-state index contributed by atoms with van der Waals surface area (Å²) in [7, 11) is -3.25. The van der Waals surface area contributed by atoms with Gasteiger partial charge in [0.15, 0.2) is 0 Å². The number of nitrogens with zero attached hydrogens (tertiary/aromatic N) is 1. The smallest absolute Gasteiger partial charge is 0.208 e. The molecular formula is C25H32N4O3S. The van der Waals surface area contributed by atoms with Crippen LogP contribution in [0.3, 0.4) is 0 Å². The summed E-state index contributed by atoms with van der Waals surface area (Å²) in [5.41, 5.74) is 3.92. The van der Waals surface area contributed by atoms with Gasteiger partial charge in [-0.1, -0.05) is 48.9 Å². The van der Waals surface area contributed by atoms with E-state index in [1.54, 1.807) is 0 Å². The lowest BCUT2D eigenvalue weighted by Crippen LogP contribution is -2.41. The van der Waals surface area contributed by atoms with E-state index in [-0.39, 0.29) is 19.2 Å². The van der Waals surface area contributed by atoms with Crippen LogP contribution in [0.15, 0.2) is 54.6 Å². The minimum Gasteiger partial charge on any atom is -0.490 e. The largest absolute Gasteiger partial charge is 0.490 e. The number of hydrogen-bond acceptors (Lipinski definition) is 6. The van der Waals surface area contributed by atoms with E-state index in [0.29, 0.717) is 11.8 Å². The van der Waals surface area contributed by atoms with Crippen LogP contribution in [0.5, 0.6) is 5.75 Å². The van der Waals surface area contributed by atoms with Crippen molar-refractivity contribution in [2.24, 2.45) is 0 Å². The summed E-state index contributed by atoms with van der Waals surface area (Å²) in [6.07, 6.45) is 4.69. The molecule has 2 aromatic carbocycles. The van der Waals surface area contributed by atoms with E-state index in [1.807, 2.05) is 31.2 Å². The van der Waals surface area contributed by atoms with Crippen molar-refractivity contribution in [3.05, 3.63) is 65.9 Å². The highest BCUT2D eigenvalue weighted by Crippen LogP contribution is 2.34. The predicted octanol–water partition coefficient (Wildman–Crippen LogP) is 3.77. The molecule has 7 nitrogen and oxygen atoms in total. The van der Waals surface area contributed by atoms with Crippen molar-refractivity contribution in [2.75, 3.05) is 31.3 Å². The van der Waals surface area contributed by atoms with Crippen LogP contribution in [0, 0.1) is 6.92 Å². The molecule has 1 unspecified atom stereocenters. The number of benzene rings is 2. The fourth-order valence-electron chi connectivity index (χ4n) is 4.38. The van der Waals surface area contributed by atoms with Crippen molar-refractivity contribution >= 4 is 26.6 Å². The van der Waals surface area contributed by atoms with E-state index in [0.717, 1.165) is 41.5 Å². The van der Waals surface area contributed by atoms with Crippen molar-refractivity contribution in [3.63, 3.8) is 0 Å². The monoisotopic (exact) mass is 468 g/mol. The second kappa shape index (κ2) is 10.5. The molecule has 0 amide bonds. The van der Waals surface area contributed by atoms with Gasteiger partial charge in [-0.2, -0.15) is 0 Å². The first-order chi connectivity index (χ1) is 15.9. The minimum atomic E-state index is -3.25. The third kappa shape index (κ3) is 6.22. The molecule has 0 spiro atoms. The minimum absolute atomic E-state index is 0.125. The fraction of sp³-hybridized carbons (Fsp3) is 0.400. The summed E-state index contributed by atoms with van der Waals surface area (Å²) in [5.74, 6) is 0.640. The Kier molecular flexibility index (Phi) is 7.47. The average Bonchev–Trinajstić information content (AvgIpc) is 2.81. The van der Waals surface area contributed by atoms with Gasteiger partial charge in [-0.15, -0.1) is 0 Å². The van der Waals surface area contributed by atoms with Crippen LogP contribution in [-0.4, -0.2) is 45.4 Å². The van der Waals surface area contributed by atoms with Crippen LogP contribution in [0.2, 0.25) is 0 Å². The van der Waals surface area contributed by atoms with E-state index in [4.69, 9.17) is 9.72 Å². The molecule has 1 saturated heterocycles. The van der Waals surface area contributed by atoms with Gasteiger partial charge >= 0.3 is 0 Å². The van der Waals surface area contributed by atoms with E-state index in [9.17, 15) is 8.42 Å². The van der Waals surface area contributed by atoms with Gasteiger partial charge in [0.25, 0.3) is 0 Å². The summed E-state index contributed by atoms with van der Waals surface area (Å²) in [6, 6.07) is 19.0. The van der Waals surface area contributed by atoms with Gasteiger partial charge in [0, 0.05) is 29.4 Å². The number of aromatic nitrogens is 1. The van der Waals surface area contributed by atoms with Crippen LogP contribution in [0.25, 0.3) is 10.9 Å². The van der Waals surface area contributed by atoms with Gasteiger partial charge in [-0.3, -0.25) is 0 Å². The molecule has 0 saturated carbocycles. The third-order valence-electron chi connectivity index (χ3n) is 5.87. The number of para-hydroxylation sites is 1. The number of piperidine rings is 1. The third-order valence-corrected chi connectivity index (χ3v) is 6.60. The number of fused-ring (bicyclic) bond motifs is 1. The van der Waals surface area contributed by atoms with Crippen molar-refractivity contribution < 1.29 is 13.2 Å². The van der Waals surface area contributed by atoms with Crippen molar-refractivity contribution in [1.29, 1.82) is 0 Å². The Labute approximate surface area is 196 Å². The number of ether oxygens (including phenoxy) is 1. The Morgan fingerprint density at radius 1 is 1.15 bits per heavy atom. The molecule has 1 aliphatic heterocycles. The summed E-state index contributed by atoms with van der Waals surface area (Å²) in [4.78, 5) is 4.74. The van der Waals surface area contributed by atoms with E-state index in [2.05, 4.69) is 45.7 Å².